The maximum Gasteiger partial charge on any atom is 0.271 e. The predicted molar refractivity (Wildman–Crippen MR) is 100.0 cm³/mol. The number of aromatic nitrogens is 2. The second-order valence-electron chi connectivity index (χ2n) is 6.00. The van der Waals surface area contributed by atoms with Crippen molar-refractivity contribution in [3.8, 4) is 22.8 Å². The van der Waals surface area contributed by atoms with Crippen LogP contribution in [-0.4, -0.2) is 34.0 Å². The van der Waals surface area contributed by atoms with Gasteiger partial charge >= 0.3 is 0 Å². The number of primary amides is 1. The third kappa shape index (κ3) is 3.36. The highest BCUT2D eigenvalue weighted by atomic mass is 32.1. The highest BCUT2D eigenvalue weighted by molar-refractivity contribution is 7.14. The minimum absolute atomic E-state index is 0.295. The van der Waals surface area contributed by atoms with Crippen molar-refractivity contribution in [2.24, 2.45) is 5.73 Å². The SMILES string of the molecule is C[C@@H]1Oc2ccccc2O[C@H]1C(=O)Nc1nc(-c2c[nH]c(C(N)=O)c2)cs1. The smallest absolute Gasteiger partial charge is 0.271 e. The molecule has 0 fully saturated rings. The molecular weight excluding hydrogens is 368 g/mol. The number of aromatic amines is 1. The summed E-state index contributed by atoms with van der Waals surface area (Å²) in [5.74, 6) is 0.253. The number of rotatable bonds is 4. The number of fused-ring (bicyclic) bond motifs is 1. The van der Waals surface area contributed by atoms with E-state index in [9.17, 15) is 9.59 Å². The summed E-state index contributed by atoms with van der Waals surface area (Å²) in [5.41, 5.74) is 6.86. The molecule has 3 aromatic rings. The van der Waals surface area contributed by atoms with Gasteiger partial charge in [0.1, 0.15) is 11.8 Å². The Labute approximate surface area is 158 Å². The third-order valence-corrected chi connectivity index (χ3v) is 4.84. The van der Waals surface area contributed by atoms with Crippen LogP contribution in [0.4, 0.5) is 5.13 Å². The number of carbonyl (C=O) groups excluding carboxylic acids is 2. The summed E-state index contributed by atoms with van der Waals surface area (Å²) < 4.78 is 11.5. The molecule has 1 aromatic carbocycles. The number of ether oxygens (including phenoxy) is 2. The monoisotopic (exact) mass is 384 g/mol. The number of hydrogen-bond donors (Lipinski definition) is 3. The lowest BCUT2D eigenvalue weighted by Gasteiger charge is -2.30. The van der Waals surface area contributed by atoms with Gasteiger partial charge in [-0.3, -0.25) is 14.9 Å². The number of nitrogens with two attached hydrogens (primary N) is 1. The van der Waals surface area contributed by atoms with Crippen LogP contribution < -0.4 is 20.5 Å². The molecule has 0 unspecified atom stereocenters. The number of benzene rings is 1. The van der Waals surface area contributed by atoms with Crippen LogP contribution in [0.3, 0.4) is 0 Å². The number of amides is 2. The average molecular weight is 384 g/mol. The van der Waals surface area contributed by atoms with Crippen LogP contribution in [0.5, 0.6) is 11.5 Å². The summed E-state index contributed by atoms with van der Waals surface area (Å²) in [6, 6.07) is 8.82. The molecule has 8 nitrogen and oxygen atoms in total. The van der Waals surface area contributed by atoms with Crippen LogP contribution in [0.2, 0.25) is 0 Å². The zero-order valence-electron chi connectivity index (χ0n) is 14.3. The van der Waals surface area contributed by atoms with E-state index in [1.165, 1.54) is 11.3 Å². The van der Waals surface area contributed by atoms with E-state index in [0.717, 1.165) is 0 Å². The maximum absolute atomic E-state index is 12.6. The number of hydrogen-bond acceptors (Lipinski definition) is 6. The maximum atomic E-state index is 12.6. The molecule has 0 aliphatic carbocycles. The molecule has 2 atom stereocenters. The Morgan fingerprint density at radius 3 is 2.70 bits per heavy atom. The third-order valence-electron chi connectivity index (χ3n) is 4.08. The molecule has 9 heteroatoms. The second-order valence-corrected chi connectivity index (χ2v) is 6.86. The molecule has 4 N–H and O–H groups in total. The molecule has 0 bridgehead atoms. The van der Waals surface area contributed by atoms with Gasteiger partial charge in [0.05, 0.1) is 5.69 Å². The van der Waals surface area contributed by atoms with E-state index < -0.39 is 18.1 Å². The summed E-state index contributed by atoms with van der Waals surface area (Å²) in [5, 5.41) is 4.96. The summed E-state index contributed by atoms with van der Waals surface area (Å²) in [7, 11) is 0. The summed E-state index contributed by atoms with van der Waals surface area (Å²) in [6.07, 6.45) is 0.404. The van der Waals surface area contributed by atoms with Gasteiger partial charge in [-0.1, -0.05) is 12.1 Å². The largest absolute Gasteiger partial charge is 0.482 e. The minimum atomic E-state index is -0.791. The number of nitrogens with zero attached hydrogens (tertiary/aromatic N) is 1. The van der Waals surface area contributed by atoms with E-state index in [2.05, 4.69) is 15.3 Å². The van der Waals surface area contributed by atoms with E-state index >= 15 is 0 Å². The molecule has 27 heavy (non-hydrogen) atoms. The highest BCUT2D eigenvalue weighted by Crippen LogP contribution is 2.34. The Hall–Kier alpha value is -3.33. The van der Waals surface area contributed by atoms with Crippen molar-refractivity contribution in [2.45, 2.75) is 19.1 Å². The number of thiazole rings is 1. The first-order valence-corrected chi connectivity index (χ1v) is 9.06. The Bertz CT molecular complexity index is 1010. The molecule has 138 valence electrons. The normalized spacial score (nSPS) is 18.1. The van der Waals surface area contributed by atoms with Crippen molar-refractivity contribution in [1.29, 1.82) is 0 Å². The number of carbonyl (C=O) groups is 2. The quantitative estimate of drug-likeness (QED) is 0.638. The van der Waals surface area contributed by atoms with E-state index in [4.69, 9.17) is 15.2 Å². The average Bonchev–Trinajstić information content (AvgIpc) is 3.30. The summed E-state index contributed by atoms with van der Waals surface area (Å²) in [6.45, 7) is 1.78. The molecule has 0 spiro atoms. The van der Waals surface area contributed by atoms with E-state index in [1.54, 1.807) is 36.7 Å². The number of nitrogens with one attached hydrogen (secondary N) is 2. The fraction of sp³-hybridized carbons (Fsp3) is 0.167. The van der Waals surface area contributed by atoms with Crippen molar-refractivity contribution in [1.82, 2.24) is 9.97 Å². The fourth-order valence-electron chi connectivity index (χ4n) is 2.73. The molecule has 1 aliphatic heterocycles. The first-order valence-electron chi connectivity index (χ1n) is 8.18. The van der Waals surface area contributed by atoms with Gasteiger partial charge in [-0.25, -0.2) is 4.98 Å². The van der Waals surface area contributed by atoms with Gasteiger partial charge in [0.25, 0.3) is 11.8 Å². The zero-order valence-corrected chi connectivity index (χ0v) is 15.1. The van der Waals surface area contributed by atoms with Gasteiger partial charge < -0.3 is 20.2 Å². The lowest BCUT2D eigenvalue weighted by atomic mass is 10.1. The minimum Gasteiger partial charge on any atom is -0.482 e. The predicted octanol–water partition coefficient (Wildman–Crippen LogP) is 2.40. The molecular formula is C18H16N4O4S. The van der Waals surface area contributed by atoms with Gasteiger partial charge in [0.15, 0.2) is 16.6 Å². The standard InChI is InChI=1S/C18H16N4O4S/c1-9-15(26-14-5-3-2-4-13(14)25-9)17(24)22-18-21-12(8-27-18)10-6-11(16(19)23)20-7-10/h2-9,15,20H,1H3,(H2,19,23)(H,21,22,24)/t9-,15+/m0/s1. The van der Waals surface area contributed by atoms with Gasteiger partial charge in [-0.15, -0.1) is 11.3 Å². The Balaban J connectivity index is 1.47. The second kappa shape index (κ2) is 6.76. The van der Waals surface area contributed by atoms with Crippen LogP contribution in [0, 0.1) is 0 Å². The molecule has 0 radical (unpaired) electrons. The van der Waals surface area contributed by atoms with Crippen LogP contribution in [0.15, 0.2) is 41.9 Å². The van der Waals surface area contributed by atoms with E-state index in [1.807, 2.05) is 12.1 Å². The first kappa shape index (κ1) is 17.1. The molecule has 1 aliphatic rings. The summed E-state index contributed by atoms with van der Waals surface area (Å²) >= 11 is 1.27. The number of para-hydroxylation sites is 2. The number of anilines is 1. The molecule has 2 amide bonds. The first-order chi connectivity index (χ1) is 13.0. The number of H-pyrrole nitrogens is 1. The van der Waals surface area contributed by atoms with E-state index in [0.29, 0.717) is 33.6 Å². The van der Waals surface area contributed by atoms with Gasteiger partial charge in [-0.05, 0) is 25.1 Å². The van der Waals surface area contributed by atoms with Crippen molar-refractivity contribution in [3.05, 3.63) is 47.6 Å². The van der Waals surface area contributed by atoms with Crippen LogP contribution >= 0.6 is 11.3 Å². The molecule has 2 aromatic heterocycles. The summed E-state index contributed by atoms with van der Waals surface area (Å²) in [4.78, 5) is 31.0. The van der Waals surface area contributed by atoms with Crippen molar-refractivity contribution in [3.63, 3.8) is 0 Å². The van der Waals surface area contributed by atoms with Crippen LogP contribution in [0.25, 0.3) is 11.3 Å². The van der Waals surface area contributed by atoms with Crippen LogP contribution in [-0.2, 0) is 4.79 Å². The van der Waals surface area contributed by atoms with E-state index in [-0.39, 0.29) is 5.91 Å². The fourth-order valence-corrected chi connectivity index (χ4v) is 3.45. The Morgan fingerprint density at radius 1 is 1.26 bits per heavy atom. The van der Waals surface area contributed by atoms with Crippen molar-refractivity contribution < 1.29 is 19.1 Å². The van der Waals surface area contributed by atoms with Gasteiger partial charge in [0.2, 0.25) is 6.10 Å². The zero-order chi connectivity index (χ0) is 19.0. The highest BCUT2D eigenvalue weighted by Gasteiger charge is 2.34. The van der Waals surface area contributed by atoms with Gasteiger partial charge in [-0.2, -0.15) is 0 Å². The van der Waals surface area contributed by atoms with Gasteiger partial charge in [0, 0.05) is 17.1 Å². The van der Waals surface area contributed by atoms with Crippen molar-refractivity contribution >= 4 is 28.3 Å². The molecule has 0 saturated carbocycles. The van der Waals surface area contributed by atoms with Crippen molar-refractivity contribution in [2.75, 3.05) is 5.32 Å². The molecule has 4 rings (SSSR count). The molecule has 3 heterocycles. The lowest BCUT2D eigenvalue weighted by Crippen LogP contribution is -2.46. The Morgan fingerprint density at radius 2 is 2.00 bits per heavy atom. The Kier molecular flexibility index (Phi) is 4.28. The lowest BCUT2D eigenvalue weighted by molar-refractivity contribution is -0.128. The molecule has 0 saturated heterocycles. The van der Waals surface area contributed by atoms with Crippen LogP contribution in [0.1, 0.15) is 17.4 Å². The topological polar surface area (TPSA) is 119 Å².